The second-order valence-corrected chi connectivity index (χ2v) is 5.99. The van der Waals surface area contributed by atoms with Crippen LogP contribution in [0.25, 0.3) is 0 Å². The minimum atomic E-state index is -0.132. The van der Waals surface area contributed by atoms with Gasteiger partial charge in [0.2, 0.25) is 0 Å². The number of hydrogen-bond donors (Lipinski definition) is 1. The summed E-state index contributed by atoms with van der Waals surface area (Å²) in [5.74, 6) is -0.132. The van der Waals surface area contributed by atoms with E-state index in [1.165, 1.54) is 38.8 Å². The highest BCUT2D eigenvalue weighted by atomic mass is 16.1. The van der Waals surface area contributed by atoms with Crippen LogP contribution in [0.2, 0.25) is 0 Å². The summed E-state index contributed by atoms with van der Waals surface area (Å²) >= 11 is 0. The molecule has 0 atom stereocenters. The molecule has 1 aromatic rings. The van der Waals surface area contributed by atoms with Crippen molar-refractivity contribution in [1.29, 1.82) is 0 Å². The SMILES string of the molecule is CNC(=O)c1ccc(N2CC(N3CCCCCC3)C2)cn1. The summed E-state index contributed by atoms with van der Waals surface area (Å²) in [5.41, 5.74) is 1.60. The fourth-order valence-corrected chi connectivity index (χ4v) is 3.19. The van der Waals surface area contributed by atoms with Gasteiger partial charge in [0.05, 0.1) is 11.9 Å². The number of nitrogens with one attached hydrogen (secondary N) is 1. The largest absolute Gasteiger partial charge is 0.367 e. The third kappa shape index (κ3) is 3.18. The molecule has 2 fully saturated rings. The van der Waals surface area contributed by atoms with E-state index in [-0.39, 0.29) is 5.91 Å². The van der Waals surface area contributed by atoms with Crippen LogP contribution in [0.3, 0.4) is 0 Å². The molecule has 5 heteroatoms. The fourth-order valence-electron chi connectivity index (χ4n) is 3.19. The summed E-state index contributed by atoms with van der Waals surface area (Å²) in [6, 6.07) is 4.49. The highest BCUT2D eigenvalue weighted by Gasteiger charge is 2.32. The van der Waals surface area contributed by atoms with Gasteiger partial charge in [0.1, 0.15) is 5.69 Å². The van der Waals surface area contributed by atoms with E-state index >= 15 is 0 Å². The summed E-state index contributed by atoms with van der Waals surface area (Å²) in [6.07, 6.45) is 7.27. The molecule has 0 aliphatic carbocycles. The third-order valence-electron chi connectivity index (χ3n) is 4.59. The fraction of sp³-hybridized carbons (Fsp3) is 0.625. The molecule has 2 saturated heterocycles. The molecule has 2 aliphatic rings. The smallest absolute Gasteiger partial charge is 0.269 e. The lowest BCUT2D eigenvalue weighted by molar-refractivity contribution is 0.0958. The Balaban J connectivity index is 1.54. The number of nitrogens with zero attached hydrogens (tertiary/aromatic N) is 3. The number of anilines is 1. The second kappa shape index (κ2) is 6.43. The number of likely N-dealkylation sites (tertiary alicyclic amines) is 1. The number of aromatic nitrogens is 1. The van der Waals surface area contributed by atoms with Gasteiger partial charge in [0, 0.05) is 26.2 Å². The molecule has 0 spiro atoms. The normalized spacial score (nSPS) is 20.7. The van der Waals surface area contributed by atoms with E-state index in [0.29, 0.717) is 11.7 Å². The van der Waals surface area contributed by atoms with Gasteiger partial charge in [-0.3, -0.25) is 9.69 Å². The van der Waals surface area contributed by atoms with E-state index in [4.69, 9.17) is 0 Å². The standard InChI is InChI=1S/C16H24N4O/c1-17-16(21)15-7-6-13(10-18-15)20-11-14(12-20)19-8-4-2-3-5-9-19/h6-7,10,14H,2-5,8-9,11-12H2,1H3,(H,17,21). The highest BCUT2D eigenvalue weighted by Crippen LogP contribution is 2.25. The average Bonchev–Trinajstić information content (AvgIpc) is 2.75. The summed E-state index contributed by atoms with van der Waals surface area (Å²) in [7, 11) is 1.62. The maximum Gasteiger partial charge on any atom is 0.269 e. The Morgan fingerprint density at radius 3 is 2.48 bits per heavy atom. The van der Waals surface area contributed by atoms with Crippen molar-refractivity contribution in [1.82, 2.24) is 15.2 Å². The zero-order valence-corrected chi connectivity index (χ0v) is 12.7. The van der Waals surface area contributed by atoms with Crippen LogP contribution < -0.4 is 10.2 Å². The summed E-state index contributed by atoms with van der Waals surface area (Å²) in [4.78, 5) is 20.7. The van der Waals surface area contributed by atoms with Gasteiger partial charge in [-0.25, -0.2) is 4.98 Å². The van der Waals surface area contributed by atoms with Gasteiger partial charge in [-0.1, -0.05) is 12.8 Å². The van der Waals surface area contributed by atoms with Gasteiger partial charge in [-0.05, 0) is 38.1 Å². The van der Waals surface area contributed by atoms with E-state index in [9.17, 15) is 4.79 Å². The molecule has 0 unspecified atom stereocenters. The molecular formula is C16H24N4O. The van der Waals surface area contributed by atoms with Crippen LogP contribution in [0.1, 0.15) is 36.2 Å². The molecule has 114 valence electrons. The van der Waals surface area contributed by atoms with E-state index in [2.05, 4.69) is 20.1 Å². The van der Waals surface area contributed by atoms with Gasteiger partial charge in [-0.15, -0.1) is 0 Å². The summed E-state index contributed by atoms with van der Waals surface area (Å²) in [5, 5.41) is 2.59. The molecule has 0 bridgehead atoms. The number of carbonyl (C=O) groups is 1. The van der Waals surface area contributed by atoms with Crippen molar-refractivity contribution >= 4 is 11.6 Å². The molecule has 0 aromatic carbocycles. The molecule has 21 heavy (non-hydrogen) atoms. The predicted octanol–water partition coefficient (Wildman–Crippen LogP) is 1.51. The first-order chi connectivity index (χ1) is 10.3. The lowest BCUT2D eigenvalue weighted by atomic mass is 10.1. The van der Waals surface area contributed by atoms with Crippen LogP contribution >= 0.6 is 0 Å². The molecule has 0 radical (unpaired) electrons. The van der Waals surface area contributed by atoms with Crippen LogP contribution in [0.5, 0.6) is 0 Å². The quantitative estimate of drug-likeness (QED) is 0.916. The van der Waals surface area contributed by atoms with Crippen molar-refractivity contribution < 1.29 is 4.79 Å². The number of pyridine rings is 1. The van der Waals surface area contributed by atoms with Crippen molar-refractivity contribution in [3.8, 4) is 0 Å². The van der Waals surface area contributed by atoms with E-state index in [0.717, 1.165) is 18.8 Å². The van der Waals surface area contributed by atoms with Gasteiger partial charge in [0.25, 0.3) is 5.91 Å². The van der Waals surface area contributed by atoms with E-state index in [1.807, 2.05) is 12.3 Å². The Hall–Kier alpha value is -1.62. The second-order valence-electron chi connectivity index (χ2n) is 5.99. The number of rotatable bonds is 3. The van der Waals surface area contributed by atoms with Crippen LogP contribution in [-0.4, -0.2) is 55.1 Å². The molecule has 5 nitrogen and oxygen atoms in total. The Morgan fingerprint density at radius 2 is 1.90 bits per heavy atom. The van der Waals surface area contributed by atoms with E-state index < -0.39 is 0 Å². The van der Waals surface area contributed by atoms with Gasteiger partial charge < -0.3 is 10.2 Å². The molecule has 1 N–H and O–H groups in total. The minimum absolute atomic E-state index is 0.132. The molecule has 1 amide bonds. The van der Waals surface area contributed by atoms with Crippen LogP contribution in [0.15, 0.2) is 18.3 Å². The Kier molecular flexibility index (Phi) is 4.39. The van der Waals surface area contributed by atoms with Gasteiger partial charge >= 0.3 is 0 Å². The third-order valence-corrected chi connectivity index (χ3v) is 4.59. The van der Waals surface area contributed by atoms with Crippen molar-refractivity contribution in [3.05, 3.63) is 24.0 Å². The lowest BCUT2D eigenvalue weighted by Crippen LogP contribution is -2.59. The number of hydrogen-bond acceptors (Lipinski definition) is 4. The first kappa shape index (κ1) is 14.3. The zero-order valence-electron chi connectivity index (χ0n) is 12.7. The molecule has 1 aromatic heterocycles. The average molecular weight is 288 g/mol. The van der Waals surface area contributed by atoms with Crippen molar-refractivity contribution in [2.75, 3.05) is 38.1 Å². The molecule has 2 aliphatic heterocycles. The molecule has 3 rings (SSSR count). The van der Waals surface area contributed by atoms with Crippen LogP contribution in [0.4, 0.5) is 5.69 Å². The maximum atomic E-state index is 11.5. The van der Waals surface area contributed by atoms with Crippen molar-refractivity contribution in [3.63, 3.8) is 0 Å². The zero-order chi connectivity index (χ0) is 14.7. The summed E-state index contributed by atoms with van der Waals surface area (Å²) in [6.45, 7) is 4.68. The first-order valence-electron chi connectivity index (χ1n) is 7.95. The first-order valence-corrected chi connectivity index (χ1v) is 7.95. The van der Waals surface area contributed by atoms with Gasteiger partial charge in [0.15, 0.2) is 0 Å². The number of amides is 1. The van der Waals surface area contributed by atoms with E-state index in [1.54, 1.807) is 13.1 Å². The molecule has 3 heterocycles. The van der Waals surface area contributed by atoms with Crippen LogP contribution in [-0.2, 0) is 0 Å². The summed E-state index contributed by atoms with van der Waals surface area (Å²) < 4.78 is 0. The lowest BCUT2D eigenvalue weighted by Gasteiger charge is -2.46. The van der Waals surface area contributed by atoms with Crippen molar-refractivity contribution in [2.24, 2.45) is 0 Å². The monoisotopic (exact) mass is 288 g/mol. The Morgan fingerprint density at radius 1 is 1.19 bits per heavy atom. The maximum absolute atomic E-state index is 11.5. The Labute approximate surface area is 126 Å². The minimum Gasteiger partial charge on any atom is -0.367 e. The predicted molar refractivity (Wildman–Crippen MR) is 83.7 cm³/mol. The van der Waals surface area contributed by atoms with Crippen LogP contribution in [0, 0.1) is 0 Å². The Bertz CT molecular complexity index is 474. The topological polar surface area (TPSA) is 48.5 Å². The number of carbonyl (C=O) groups excluding carboxylic acids is 1. The highest BCUT2D eigenvalue weighted by molar-refractivity contribution is 5.92. The molecule has 0 saturated carbocycles. The van der Waals surface area contributed by atoms with Gasteiger partial charge in [-0.2, -0.15) is 0 Å². The molecular weight excluding hydrogens is 264 g/mol. The van der Waals surface area contributed by atoms with Crippen molar-refractivity contribution in [2.45, 2.75) is 31.7 Å².